The van der Waals surface area contributed by atoms with Crippen LogP contribution in [-0.4, -0.2) is 44.5 Å². The molecule has 3 aromatic rings. The molecule has 1 fully saturated rings. The molecule has 0 radical (unpaired) electrons. The molecular formula is C32H40FNO5. The quantitative estimate of drug-likeness (QED) is 0.166. The Labute approximate surface area is 230 Å². The largest absolute Gasteiger partial charge is 0.493 e. The highest BCUT2D eigenvalue weighted by Crippen LogP contribution is 2.31. The maximum atomic E-state index is 13.1. The molecule has 0 atom stereocenters. The Morgan fingerprint density at radius 2 is 1.54 bits per heavy atom. The van der Waals surface area contributed by atoms with Crippen molar-refractivity contribution in [3.05, 3.63) is 69.8 Å². The van der Waals surface area contributed by atoms with E-state index in [0.29, 0.717) is 40.0 Å². The smallest absolute Gasteiger partial charge is 0.195 e. The normalized spacial score (nSPS) is 14.5. The van der Waals surface area contributed by atoms with Crippen LogP contribution in [0.3, 0.4) is 0 Å². The number of carbonyl (C=O) groups is 1. The number of methoxy groups -OCH3 is 2. The molecule has 39 heavy (non-hydrogen) atoms. The summed E-state index contributed by atoms with van der Waals surface area (Å²) in [6, 6.07) is 9.31. The molecule has 0 bridgehead atoms. The third-order valence-electron chi connectivity index (χ3n) is 7.86. The van der Waals surface area contributed by atoms with Crippen molar-refractivity contribution in [2.75, 3.05) is 33.9 Å². The number of piperidine rings is 1. The van der Waals surface area contributed by atoms with E-state index in [9.17, 15) is 14.0 Å². The number of benzene rings is 2. The van der Waals surface area contributed by atoms with Crippen molar-refractivity contribution in [3.8, 4) is 11.5 Å². The van der Waals surface area contributed by atoms with E-state index in [4.69, 9.17) is 13.9 Å². The number of aryl methyl sites for hydroxylation is 1. The molecule has 1 aromatic heterocycles. The van der Waals surface area contributed by atoms with Crippen molar-refractivity contribution in [3.63, 3.8) is 0 Å². The number of likely N-dealkylation sites (tertiary alicyclic amines) is 1. The van der Waals surface area contributed by atoms with Crippen LogP contribution in [0.5, 0.6) is 11.5 Å². The van der Waals surface area contributed by atoms with Crippen molar-refractivity contribution in [2.24, 2.45) is 5.92 Å². The first-order chi connectivity index (χ1) is 19.0. The van der Waals surface area contributed by atoms with E-state index in [1.54, 1.807) is 44.7 Å². The van der Waals surface area contributed by atoms with Gasteiger partial charge in [0.15, 0.2) is 22.7 Å². The van der Waals surface area contributed by atoms with Gasteiger partial charge in [-0.1, -0.05) is 32.1 Å². The second kappa shape index (κ2) is 14.3. The van der Waals surface area contributed by atoms with Gasteiger partial charge in [0, 0.05) is 23.1 Å². The fraction of sp³-hybridized carbons (Fsp3) is 0.500. The molecule has 2 heterocycles. The summed E-state index contributed by atoms with van der Waals surface area (Å²) >= 11 is 0. The lowest BCUT2D eigenvalue weighted by molar-refractivity contribution is 0.0839. The molecule has 7 heteroatoms. The van der Waals surface area contributed by atoms with E-state index in [2.05, 4.69) is 4.90 Å². The van der Waals surface area contributed by atoms with E-state index in [-0.39, 0.29) is 22.9 Å². The highest BCUT2D eigenvalue weighted by atomic mass is 19.1. The lowest BCUT2D eigenvalue weighted by Gasteiger charge is -2.31. The van der Waals surface area contributed by atoms with Crippen LogP contribution in [-0.2, 0) is 6.42 Å². The zero-order valence-electron chi connectivity index (χ0n) is 23.2. The molecule has 0 N–H and O–H groups in total. The fourth-order valence-corrected chi connectivity index (χ4v) is 5.47. The summed E-state index contributed by atoms with van der Waals surface area (Å²) in [6.45, 7) is 3.01. The number of unbranched alkanes of at least 4 members (excludes halogenated alkanes) is 6. The van der Waals surface area contributed by atoms with Crippen LogP contribution in [0, 0.1) is 11.7 Å². The maximum Gasteiger partial charge on any atom is 0.195 e. The fourth-order valence-electron chi connectivity index (χ4n) is 5.47. The topological polar surface area (TPSA) is 69.0 Å². The van der Waals surface area contributed by atoms with E-state index in [1.807, 2.05) is 0 Å². The van der Waals surface area contributed by atoms with Gasteiger partial charge < -0.3 is 18.8 Å². The number of ketones is 1. The van der Waals surface area contributed by atoms with Gasteiger partial charge in [-0.2, -0.15) is 0 Å². The SMILES string of the molecule is COc1cc2occ(CCCCCCCCCN3CCC(C(=O)c4ccc(F)cc4)CC3)c(=O)c2cc1OC. The molecule has 4 rings (SSSR count). The monoisotopic (exact) mass is 537 g/mol. The van der Waals surface area contributed by atoms with Gasteiger partial charge in [0.2, 0.25) is 0 Å². The number of fused-ring (bicyclic) bond motifs is 1. The lowest BCUT2D eigenvalue weighted by atomic mass is 9.89. The van der Waals surface area contributed by atoms with E-state index < -0.39 is 0 Å². The minimum atomic E-state index is -0.305. The molecule has 1 aliphatic heterocycles. The van der Waals surface area contributed by atoms with Crippen molar-refractivity contribution in [1.29, 1.82) is 0 Å². The number of hydrogen-bond acceptors (Lipinski definition) is 6. The number of rotatable bonds is 14. The van der Waals surface area contributed by atoms with Gasteiger partial charge in [0.25, 0.3) is 0 Å². The molecule has 1 saturated heterocycles. The van der Waals surface area contributed by atoms with Crippen LogP contribution >= 0.6 is 0 Å². The van der Waals surface area contributed by atoms with Gasteiger partial charge in [0.05, 0.1) is 25.9 Å². The van der Waals surface area contributed by atoms with E-state index in [1.165, 1.54) is 44.2 Å². The third kappa shape index (κ3) is 7.69. The molecule has 6 nitrogen and oxygen atoms in total. The minimum Gasteiger partial charge on any atom is -0.493 e. The summed E-state index contributed by atoms with van der Waals surface area (Å²) in [5.41, 5.74) is 1.83. The first-order valence-electron chi connectivity index (χ1n) is 14.2. The Morgan fingerprint density at radius 3 is 2.21 bits per heavy atom. The Kier molecular flexibility index (Phi) is 10.5. The molecule has 0 aliphatic carbocycles. The van der Waals surface area contributed by atoms with Crippen LogP contribution in [0.25, 0.3) is 11.0 Å². The minimum absolute atomic E-state index is 0.000980. The average Bonchev–Trinajstić information content (AvgIpc) is 2.97. The van der Waals surface area contributed by atoms with Gasteiger partial charge in [0.1, 0.15) is 11.4 Å². The number of carbonyl (C=O) groups excluding carboxylic acids is 1. The summed E-state index contributed by atoms with van der Waals surface area (Å²) in [4.78, 5) is 28.0. The summed E-state index contributed by atoms with van der Waals surface area (Å²) in [6.07, 6.45) is 12.1. The number of Topliss-reactive ketones (excluding diaryl/α,β-unsaturated/α-hetero) is 1. The molecule has 0 spiro atoms. The zero-order chi connectivity index (χ0) is 27.6. The predicted octanol–water partition coefficient (Wildman–Crippen LogP) is 6.82. The molecule has 2 aromatic carbocycles. The summed E-state index contributed by atoms with van der Waals surface area (Å²) in [7, 11) is 3.11. The first-order valence-corrected chi connectivity index (χ1v) is 14.2. The Morgan fingerprint density at radius 1 is 0.923 bits per heavy atom. The molecular weight excluding hydrogens is 497 g/mol. The van der Waals surface area contributed by atoms with Gasteiger partial charge in [-0.3, -0.25) is 9.59 Å². The maximum absolute atomic E-state index is 13.1. The third-order valence-corrected chi connectivity index (χ3v) is 7.86. The van der Waals surface area contributed by atoms with E-state index >= 15 is 0 Å². The van der Waals surface area contributed by atoms with Gasteiger partial charge in [-0.25, -0.2) is 4.39 Å². The van der Waals surface area contributed by atoms with Crippen molar-refractivity contribution < 1.29 is 23.1 Å². The van der Waals surface area contributed by atoms with Crippen LogP contribution in [0.1, 0.15) is 73.7 Å². The van der Waals surface area contributed by atoms with Crippen molar-refractivity contribution >= 4 is 16.8 Å². The number of ether oxygens (including phenoxy) is 2. The van der Waals surface area contributed by atoms with Crippen LogP contribution in [0.15, 0.2) is 51.9 Å². The second-order valence-corrected chi connectivity index (χ2v) is 10.5. The number of halogens is 1. The predicted molar refractivity (Wildman–Crippen MR) is 152 cm³/mol. The summed E-state index contributed by atoms with van der Waals surface area (Å²) in [5.74, 6) is 0.965. The van der Waals surface area contributed by atoms with Crippen molar-refractivity contribution in [2.45, 2.75) is 64.2 Å². The van der Waals surface area contributed by atoms with E-state index in [0.717, 1.165) is 45.3 Å². The average molecular weight is 538 g/mol. The highest BCUT2D eigenvalue weighted by Gasteiger charge is 2.25. The zero-order valence-corrected chi connectivity index (χ0v) is 23.2. The molecule has 0 unspecified atom stereocenters. The summed E-state index contributed by atoms with van der Waals surface area (Å²) in [5, 5.41) is 0.522. The molecule has 210 valence electrons. The molecule has 1 aliphatic rings. The number of nitrogens with zero attached hydrogens (tertiary/aromatic N) is 1. The van der Waals surface area contributed by atoms with Gasteiger partial charge in [-0.05, 0) is 82.1 Å². The standard InChI is InChI=1S/C32H40FNO5/c1-37-29-20-27-28(21-30(29)38-2)39-22-25(32(27)36)10-8-6-4-3-5-7-9-17-34-18-15-24(16-19-34)31(35)23-11-13-26(33)14-12-23/h11-14,20-22,24H,3-10,15-19H2,1-2H3. The second-order valence-electron chi connectivity index (χ2n) is 10.5. The van der Waals surface area contributed by atoms with Crippen LogP contribution in [0.4, 0.5) is 4.39 Å². The lowest BCUT2D eigenvalue weighted by Crippen LogP contribution is -2.36. The van der Waals surface area contributed by atoms with Crippen molar-refractivity contribution in [1.82, 2.24) is 4.90 Å². The van der Waals surface area contributed by atoms with Crippen LogP contribution in [0.2, 0.25) is 0 Å². The number of hydrogen-bond donors (Lipinski definition) is 0. The van der Waals surface area contributed by atoms with Gasteiger partial charge >= 0.3 is 0 Å². The first kappa shape index (κ1) is 28.8. The molecule has 0 amide bonds. The van der Waals surface area contributed by atoms with Crippen LogP contribution < -0.4 is 14.9 Å². The summed E-state index contributed by atoms with van der Waals surface area (Å²) < 4.78 is 29.4. The Hall–Kier alpha value is -3.19. The Balaban J connectivity index is 1.07. The highest BCUT2D eigenvalue weighted by molar-refractivity contribution is 5.97. The van der Waals surface area contributed by atoms with Gasteiger partial charge in [-0.15, -0.1) is 0 Å². The molecule has 0 saturated carbocycles. The Bertz CT molecular complexity index is 1280.